The molecule has 0 aromatic rings. The summed E-state index contributed by atoms with van der Waals surface area (Å²) in [5, 5.41) is 2.65. The summed E-state index contributed by atoms with van der Waals surface area (Å²) >= 11 is 0. The normalized spacial score (nSPS) is 27.9. The number of rotatable bonds is 4. The minimum atomic E-state index is -0.265. The topological polar surface area (TPSA) is 58.6 Å². The summed E-state index contributed by atoms with van der Waals surface area (Å²) in [6.07, 6.45) is 2.06. The molecular formula is C11H18N2O3. The molecule has 2 amide bonds. The van der Waals surface area contributed by atoms with Gasteiger partial charge in [-0.15, -0.1) is 0 Å². The van der Waals surface area contributed by atoms with Crippen molar-refractivity contribution in [2.75, 3.05) is 20.2 Å². The average molecular weight is 226 g/mol. The van der Waals surface area contributed by atoms with Gasteiger partial charge in [0.1, 0.15) is 6.04 Å². The molecule has 1 saturated carbocycles. The van der Waals surface area contributed by atoms with Crippen molar-refractivity contribution in [2.45, 2.75) is 31.9 Å². The smallest absolute Gasteiger partial charge is 0.243 e. The van der Waals surface area contributed by atoms with Gasteiger partial charge in [-0.05, 0) is 25.7 Å². The number of nitrogens with zero attached hydrogens (tertiary/aromatic N) is 1. The fraction of sp³-hybridized carbons (Fsp3) is 0.818. The molecule has 16 heavy (non-hydrogen) atoms. The lowest BCUT2D eigenvalue weighted by atomic mass is 10.1. The first-order chi connectivity index (χ1) is 7.63. The molecule has 2 unspecified atom stereocenters. The molecule has 2 atom stereocenters. The second-order valence-corrected chi connectivity index (χ2v) is 4.59. The van der Waals surface area contributed by atoms with Gasteiger partial charge in [-0.2, -0.15) is 0 Å². The van der Waals surface area contributed by atoms with Gasteiger partial charge in [0, 0.05) is 13.7 Å². The van der Waals surface area contributed by atoms with Crippen LogP contribution in [0.15, 0.2) is 0 Å². The minimum Gasteiger partial charge on any atom is -0.380 e. The first-order valence-corrected chi connectivity index (χ1v) is 5.73. The maximum Gasteiger partial charge on any atom is 0.243 e. The largest absolute Gasteiger partial charge is 0.380 e. The maximum absolute atomic E-state index is 11.8. The van der Waals surface area contributed by atoms with Gasteiger partial charge in [-0.3, -0.25) is 9.59 Å². The molecule has 1 aliphatic carbocycles. The van der Waals surface area contributed by atoms with Crippen LogP contribution in [0.1, 0.15) is 19.8 Å². The molecule has 0 bridgehead atoms. The Labute approximate surface area is 95.1 Å². The summed E-state index contributed by atoms with van der Waals surface area (Å²) in [5.74, 6) is 0.346. The van der Waals surface area contributed by atoms with E-state index in [1.807, 2.05) is 6.92 Å². The molecule has 0 aromatic carbocycles. The van der Waals surface area contributed by atoms with Crippen LogP contribution in [0.2, 0.25) is 0 Å². The summed E-state index contributed by atoms with van der Waals surface area (Å²) in [4.78, 5) is 25.2. The molecule has 2 fully saturated rings. The summed E-state index contributed by atoms with van der Waals surface area (Å²) < 4.78 is 5.16. The molecule has 1 aliphatic heterocycles. The maximum atomic E-state index is 11.8. The molecule has 90 valence electrons. The standard InChI is InChI=1S/C11H18N2O3/c1-7(16-2)6-13-9(14)5-12-11(15)10(13)8-3-4-8/h7-8,10H,3-6H2,1-2H3,(H,12,15). The van der Waals surface area contributed by atoms with Crippen LogP contribution in [-0.2, 0) is 14.3 Å². The van der Waals surface area contributed by atoms with Crippen LogP contribution in [0.5, 0.6) is 0 Å². The monoisotopic (exact) mass is 226 g/mol. The fourth-order valence-corrected chi connectivity index (χ4v) is 2.11. The van der Waals surface area contributed by atoms with Crippen molar-refractivity contribution in [3.63, 3.8) is 0 Å². The van der Waals surface area contributed by atoms with Crippen molar-refractivity contribution in [3.05, 3.63) is 0 Å². The van der Waals surface area contributed by atoms with E-state index in [0.29, 0.717) is 12.5 Å². The van der Waals surface area contributed by atoms with E-state index in [0.717, 1.165) is 12.8 Å². The Morgan fingerprint density at radius 3 is 2.75 bits per heavy atom. The van der Waals surface area contributed by atoms with E-state index in [1.165, 1.54) is 0 Å². The lowest BCUT2D eigenvalue weighted by molar-refractivity contribution is -0.148. The Balaban J connectivity index is 2.08. The Morgan fingerprint density at radius 2 is 2.19 bits per heavy atom. The van der Waals surface area contributed by atoms with E-state index in [-0.39, 0.29) is 30.5 Å². The number of piperazine rings is 1. The van der Waals surface area contributed by atoms with E-state index >= 15 is 0 Å². The van der Waals surface area contributed by atoms with Crippen LogP contribution >= 0.6 is 0 Å². The molecule has 2 rings (SSSR count). The Kier molecular flexibility index (Phi) is 3.14. The molecule has 1 heterocycles. The first-order valence-electron chi connectivity index (χ1n) is 5.73. The second-order valence-electron chi connectivity index (χ2n) is 4.59. The highest BCUT2D eigenvalue weighted by Gasteiger charge is 2.44. The van der Waals surface area contributed by atoms with Crippen molar-refractivity contribution in [1.29, 1.82) is 0 Å². The Hall–Kier alpha value is -1.10. The van der Waals surface area contributed by atoms with Crippen LogP contribution in [0.3, 0.4) is 0 Å². The molecular weight excluding hydrogens is 208 g/mol. The summed E-state index contributed by atoms with van der Waals surface area (Å²) in [6.45, 7) is 2.53. The molecule has 1 N–H and O–H groups in total. The van der Waals surface area contributed by atoms with Gasteiger partial charge in [0.15, 0.2) is 0 Å². The highest BCUT2D eigenvalue weighted by molar-refractivity contribution is 5.95. The van der Waals surface area contributed by atoms with Crippen molar-refractivity contribution < 1.29 is 14.3 Å². The van der Waals surface area contributed by atoms with E-state index < -0.39 is 0 Å². The minimum absolute atomic E-state index is 0.000370. The third kappa shape index (κ3) is 2.19. The van der Waals surface area contributed by atoms with Crippen molar-refractivity contribution in [1.82, 2.24) is 10.2 Å². The first kappa shape index (κ1) is 11.4. The zero-order valence-corrected chi connectivity index (χ0v) is 9.73. The molecule has 5 heteroatoms. The number of carbonyl (C=O) groups excluding carboxylic acids is 2. The molecule has 0 aromatic heterocycles. The number of amides is 2. The number of carbonyl (C=O) groups is 2. The highest BCUT2D eigenvalue weighted by atomic mass is 16.5. The quantitative estimate of drug-likeness (QED) is 0.719. The number of ether oxygens (including phenoxy) is 1. The summed E-state index contributed by atoms with van der Waals surface area (Å²) in [7, 11) is 1.62. The lowest BCUT2D eigenvalue weighted by Crippen LogP contribution is -2.60. The number of methoxy groups -OCH3 is 1. The van der Waals surface area contributed by atoms with Crippen LogP contribution in [0.25, 0.3) is 0 Å². The van der Waals surface area contributed by atoms with Crippen molar-refractivity contribution >= 4 is 11.8 Å². The van der Waals surface area contributed by atoms with Gasteiger partial charge in [-0.1, -0.05) is 0 Å². The van der Waals surface area contributed by atoms with Gasteiger partial charge in [0.25, 0.3) is 0 Å². The SMILES string of the molecule is COC(C)CN1C(=O)CNC(=O)C1C1CC1. The molecule has 2 aliphatic rings. The van der Waals surface area contributed by atoms with Crippen molar-refractivity contribution in [3.8, 4) is 0 Å². The van der Waals surface area contributed by atoms with Crippen molar-refractivity contribution in [2.24, 2.45) is 5.92 Å². The van der Waals surface area contributed by atoms with Gasteiger partial charge in [0.2, 0.25) is 11.8 Å². The zero-order valence-electron chi connectivity index (χ0n) is 9.73. The van der Waals surface area contributed by atoms with Crippen LogP contribution in [-0.4, -0.2) is 49.1 Å². The van der Waals surface area contributed by atoms with Crippen LogP contribution in [0.4, 0.5) is 0 Å². The van der Waals surface area contributed by atoms with Gasteiger partial charge < -0.3 is 15.0 Å². The second kappa shape index (κ2) is 4.41. The van der Waals surface area contributed by atoms with E-state index in [9.17, 15) is 9.59 Å². The van der Waals surface area contributed by atoms with Gasteiger partial charge >= 0.3 is 0 Å². The molecule has 0 spiro atoms. The molecule has 5 nitrogen and oxygen atoms in total. The zero-order chi connectivity index (χ0) is 11.7. The number of nitrogens with one attached hydrogen (secondary N) is 1. The fourth-order valence-electron chi connectivity index (χ4n) is 2.11. The average Bonchev–Trinajstić information content (AvgIpc) is 3.07. The Morgan fingerprint density at radius 1 is 1.50 bits per heavy atom. The predicted octanol–water partition coefficient (Wildman–Crippen LogP) is -0.242. The van der Waals surface area contributed by atoms with Crippen LogP contribution < -0.4 is 5.32 Å². The van der Waals surface area contributed by atoms with E-state index in [2.05, 4.69) is 5.32 Å². The predicted molar refractivity (Wildman–Crippen MR) is 57.7 cm³/mol. The highest BCUT2D eigenvalue weighted by Crippen LogP contribution is 2.36. The molecule has 1 saturated heterocycles. The Bertz CT molecular complexity index is 302. The number of hydrogen-bond acceptors (Lipinski definition) is 3. The summed E-state index contributed by atoms with van der Waals surface area (Å²) in [5.41, 5.74) is 0. The van der Waals surface area contributed by atoms with Crippen LogP contribution in [0, 0.1) is 5.92 Å². The number of hydrogen-bond donors (Lipinski definition) is 1. The van der Waals surface area contributed by atoms with E-state index in [1.54, 1.807) is 12.0 Å². The van der Waals surface area contributed by atoms with Gasteiger partial charge in [-0.25, -0.2) is 0 Å². The molecule has 0 radical (unpaired) electrons. The lowest BCUT2D eigenvalue weighted by Gasteiger charge is -2.36. The third-order valence-electron chi connectivity index (χ3n) is 3.26. The van der Waals surface area contributed by atoms with Gasteiger partial charge in [0.05, 0.1) is 12.6 Å². The third-order valence-corrected chi connectivity index (χ3v) is 3.26. The van der Waals surface area contributed by atoms with E-state index in [4.69, 9.17) is 4.74 Å². The summed E-state index contributed by atoms with van der Waals surface area (Å²) in [6, 6.07) is -0.265.